The van der Waals surface area contributed by atoms with Gasteiger partial charge in [-0.15, -0.1) is 0 Å². The van der Waals surface area contributed by atoms with Crippen LogP contribution in [0.3, 0.4) is 0 Å². The van der Waals surface area contributed by atoms with Crippen LogP contribution in [0.5, 0.6) is 0 Å². The summed E-state index contributed by atoms with van der Waals surface area (Å²) in [5, 5.41) is 0. The van der Waals surface area contributed by atoms with E-state index in [-0.39, 0.29) is 19.1 Å². The SMILES string of the molecule is CCC(CC(C)c1ccc(S(=O)(=O)NS(=O)(=O)C(F)(F)F)cc1)C(=O)OCCOCCOCCOCCOCCOCCOCCOCCOC. The highest BCUT2D eigenvalue weighted by molar-refractivity contribution is 8.05. The number of hydrogen-bond acceptors (Lipinski definition) is 14. The number of carbonyl (C=O) groups excluding carboxylic acids is 1. The molecule has 0 fully saturated rings. The molecule has 51 heavy (non-hydrogen) atoms. The van der Waals surface area contributed by atoms with Crippen LogP contribution in [0.4, 0.5) is 13.2 Å². The summed E-state index contributed by atoms with van der Waals surface area (Å²) in [6.45, 7) is 10.1. The lowest BCUT2D eigenvalue weighted by atomic mass is 9.89. The summed E-state index contributed by atoms with van der Waals surface area (Å²) in [5.41, 5.74) is -5.20. The molecule has 2 atom stereocenters. The van der Waals surface area contributed by atoms with Crippen molar-refractivity contribution in [3.05, 3.63) is 29.8 Å². The average molecular weight is 784 g/mol. The largest absolute Gasteiger partial charge is 0.512 e. The third-order valence-electron chi connectivity index (χ3n) is 6.88. The van der Waals surface area contributed by atoms with Crippen LogP contribution >= 0.6 is 0 Å². The second kappa shape index (κ2) is 26.7. The number of alkyl halides is 3. The first-order chi connectivity index (χ1) is 24.2. The molecule has 20 heteroatoms. The Bertz CT molecular complexity index is 1270. The Labute approximate surface area is 298 Å². The highest BCUT2D eigenvalue weighted by Gasteiger charge is 2.48. The van der Waals surface area contributed by atoms with E-state index in [2.05, 4.69) is 0 Å². The monoisotopic (exact) mass is 783 g/mol. The van der Waals surface area contributed by atoms with Gasteiger partial charge < -0.3 is 42.6 Å². The molecule has 1 rings (SSSR count). The molecule has 1 aromatic carbocycles. The van der Waals surface area contributed by atoms with Gasteiger partial charge in [0.1, 0.15) is 6.61 Å². The number of ether oxygens (including phenoxy) is 9. The molecule has 1 aromatic rings. The first-order valence-corrected chi connectivity index (χ1v) is 19.4. The molecule has 0 spiro atoms. The summed E-state index contributed by atoms with van der Waals surface area (Å²) in [6.07, 6.45) is 0.818. The van der Waals surface area contributed by atoms with E-state index in [0.29, 0.717) is 115 Å². The minimum absolute atomic E-state index is 0.0388. The summed E-state index contributed by atoms with van der Waals surface area (Å²) >= 11 is 0. The number of carbonyl (C=O) groups is 1. The molecule has 0 radical (unpaired) electrons. The summed E-state index contributed by atoms with van der Waals surface area (Å²) in [5.74, 6) is -1.16. The third kappa shape index (κ3) is 21.3. The number of benzene rings is 1. The van der Waals surface area contributed by atoms with Crippen molar-refractivity contribution in [3.63, 3.8) is 0 Å². The first kappa shape index (κ1) is 47.0. The van der Waals surface area contributed by atoms with Gasteiger partial charge in [-0.3, -0.25) is 4.79 Å². The normalized spacial score (nSPS) is 13.7. The van der Waals surface area contributed by atoms with Crippen molar-refractivity contribution in [1.29, 1.82) is 0 Å². The standard InChI is InChI=1S/C31H52F3NO14S2/c1-4-27(25-26(2)28-5-7-29(8-6-28)50(37,38)35-51(39,40)31(32,33)34)30(36)49-24-23-48-22-21-47-20-19-46-18-17-45-16-15-44-14-13-43-12-11-42-10-9-41-3/h5-8,26-27,35H,4,9-25H2,1-3H3. The smallest absolute Gasteiger partial charge is 0.463 e. The second-order valence-corrected chi connectivity index (χ2v) is 14.4. The van der Waals surface area contributed by atoms with E-state index in [1.807, 2.05) is 6.92 Å². The summed E-state index contributed by atoms with van der Waals surface area (Å²) in [4.78, 5) is 11.9. The lowest BCUT2D eigenvalue weighted by molar-refractivity contribution is -0.150. The fraction of sp³-hybridized carbons (Fsp3) is 0.774. The number of rotatable bonds is 32. The molecule has 298 valence electrons. The lowest BCUT2D eigenvalue weighted by Crippen LogP contribution is -2.40. The van der Waals surface area contributed by atoms with Crippen LogP contribution in [0.2, 0.25) is 0 Å². The van der Waals surface area contributed by atoms with Crippen molar-refractivity contribution in [2.45, 2.75) is 43.0 Å². The molecule has 1 N–H and O–H groups in total. The van der Waals surface area contributed by atoms with Gasteiger partial charge in [0.25, 0.3) is 10.0 Å². The molecule has 0 amide bonds. The minimum Gasteiger partial charge on any atom is -0.463 e. The van der Waals surface area contributed by atoms with Crippen LogP contribution in [0.25, 0.3) is 0 Å². The van der Waals surface area contributed by atoms with Crippen LogP contribution in [-0.2, 0) is 67.5 Å². The fourth-order valence-corrected chi connectivity index (χ4v) is 6.50. The summed E-state index contributed by atoms with van der Waals surface area (Å²) in [6, 6.07) is 4.67. The van der Waals surface area contributed by atoms with Crippen LogP contribution < -0.4 is 4.13 Å². The van der Waals surface area contributed by atoms with Crippen molar-refractivity contribution >= 4 is 26.0 Å². The molecule has 0 aromatic heterocycles. The van der Waals surface area contributed by atoms with E-state index in [4.69, 9.17) is 42.6 Å². The molecular formula is C31H52F3NO14S2. The number of hydrogen-bond donors (Lipinski definition) is 1. The Hall–Kier alpha value is -1.98. The van der Waals surface area contributed by atoms with E-state index in [9.17, 15) is 34.8 Å². The highest BCUT2D eigenvalue weighted by Crippen LogP contribution is 2.28. The van der Waals surface area contributed by atoms with Crippen molar-refractivity contribution in [1.82, 2.24) is 4.13 Å². The Balaban J connectivity index is 2.08. The van der Waals surface area contributed by atoms with Crippen molar-refractivity contribution in [3.8, 4) is 0 Å². The van der Waals surface area contributed by atoms with E-state index in [1.165, 1.54) is 12.1 Å². The van der Waals surface area contributed by atoms with E-state index in [1.54, 1.807) is 14.0 Å². The van der Waals surface area contributed by atoms with Gasteiger partial charge in [-0.2, -0.15) is 13.2 Å². The molecule has 0 bridgehead atoms. The summed E-state index contributed by atoms with van der Waals surface area (Å²) in [7, 11) is -9.48. The van der Waals surface area contributed by atoms with Gasteiger partial charge in [-0.1, -0.05) is 30.1 Å². The predicted octanol–water partition coefficient (Wildman–Crippen LogP) is 2.64. The van der Waals surface area contributed by atoms with E-state index >= 15 is 0 Å². The number of nitrogens with one attached hydrogen (secondary N) is 1. The molecule has 2 unspecified atom stereocenters. The number of halogens is 3. The number of methoxy groups -OCH3 is 1. The first-order valence-electron chi connectivity index (χ1n) is 16.4. The van der Waals surface area contributed by atoms with Gasteiger partial charge in [0.05, 0.1) is 110 Å². The van der Waals surface area contributed by atoms with Gasteiger partial charge in [-0.05, 0) is 36.5 Å². The van der Waals surface area contributed by atoms with Gasteiger partial charge in [-0.25, -0.2) is 16.8 Å². The second-order valence-electron chi connectivity index (χ2n) is 10.8. The molecule has 0 saturated carbocycles. The molecule has 0 aliphatic heterocycles. The van der Waals surface area contributed by atoms with Crippen molar-refractivity contribution < 1.29 is 77.4 Å². The van der Waals surface area contributed by atoms with Crippen molar-refractivity contribution in [2.75, 3.05) is 113 Å². The minimum atomic E-state index is -6.11. The Kier molecular flexibility index (Phi) is 24.7. The van der Waals surface area contributed by atoms with E-state index in [0.717, 1.165) is 12.1 Å². The molecule has 0 heterocycles. The Morgan fingerprint density at radius 2 is 1.04 bits per heavy atom. The van der Waals surface area contributed by atoms with Gasteiger partial charge in [0.2, 0.25) is 0 Å². The summed E-state index contributed by atoms with van der Waals surface area (Å²) < 4.78 is 133. The van der Waals surface area contributed by atoms with E-state index < -0.39 is 42.3 Å². The van der Waals surface area contributed by atoms with Crippen LogP contribution in [0.1, 0.15) is 38.2 Å². The van der Waals surface area contributed by atoms with Gasteiger partial charge in [0, 0.05) is 7.11 Å². The van der Waals surface area contributed by atoms with Crippen LogP contribution in [0.15, 0.2) is 29.2 Å². The molecule has 0 aliphatic rings. The van der Waals surface area contributed by atoms with Crippen LogP contribution in [-0.4, -0.2) is 141 Å². The van der Waals surface area contributed by atoms with Gasteiger partial charge in [0.15, 0.2) is 0 Å². The third-order valence-corrected chi connectivity index (χ3v) is 10.1. The predicted molar refractivity (Wildman–Crippen MR) is 177 cm³/mol. The Morgan fingerprint density at radius 1 is 0.667 bits per heavy atom. The highest BCUT2D eigenvalue weighted by atomic mass is 32.3. The molecular weight excluding hydrogens is 731 g/mol. The average Bonchev–Trinajstić information content (AvgIpc) is 3.08. The zero-order valence-corrected chi connectivity index (χ0v) is 31.0. The number of sulfonamides is 2. The number of esters is 1. The van der Waals surface area contributed by atoms with Gasteiger partial charge >= 0.3 is 21.5 Å². The maximum Gasteiger partial charge on any atom is 0.512 e. The maximum atomic E-state index is 12.6. The zero-order valence-electron chi connectivity index (χ0n) is 29.4. The fourth-order valence-electron chi connectivity index (χ4n) is 4.09. The molecule has 0 aliphatic carbocycles. The zero-order chi connectivity index (χ0) is 38.0. The Morgan fingerprint density at radius 3 is 1.39 bits per heavy atom. The topological polar surface area (TPSA) is 180 Å². The molecule has 0 saturated heterocycles. The van der Waals surface area contributed by atoms with Crippen LogP contribution in [0, 0.1) is 5.92 Å². The van der Waals surface area contributed by atoms with Crippen molar-refractivity contribution in [2.24, 2.45) is 5.92 Å². The maximum absolute atomic E-state index is 12.6. The quantitative estimate of drug-likeness (QED) is 0.0833. The lowest BCUT2D eigenvalue weighted by Gasteiger charge is -2.19. The molecule has 15 nitrogen and oxygen atoms in total.